The number of anilines is 1. The van der Waals surface area contributed by atoms with E-state index in [-0.39, 0.29) is 0 Å². The van der Waals surface area contributed by atoms with Gasteiger partial charge in [-0.25, -0.2) is 0 Å². The number of aryl methyl sites for hydroxylation is 1. The minimum Gasteiger partial charge on any atom is -0.379 e. The second kappa shape index (κ2) is 5.97. The molecule has 8 heteroatoms. The van der Waals surface area contributed by atoms with E-state index in [1.807, 2.05) is 6.92 Å². The van der Waals surface area contributed by atoms with E-state index in [4.69, 9.17) is 16.3 Å². The number of ether oxygens (including phenoxy) is 1. The van der Waals surface area contributed by atoms with Gasteiger partial charge in [-0.15, -0.1) is 0 Å². The first-order chi connectivity index (χ1) is 8.90. The highest BCUT2D eigenvalue weighted by atomic mass is 79.9. The number of halogens is 2. The van der Waals surface area contributed by atoms with Gasteiger partial charge in [0.25, 0.3) is 0 Å². The lowest BCUT2D eigenvalue weighted by molar-refractivity contribution is 0.0733. The van der Waals surface area contributed by atoms with Crippen molar-refractivity contribution in [3.05, 3.63) is 27.2 Å². The van der Waals surface area contributed by atoms with Crippen molar-refractivity contribution in [3.8, 4) is 0 Å². The third-order valence-corrected chi connectivity index (χ3v) is 5.38. The second-order valence-electron chi connectivity index (χ2n) is 4.20. The first-order valence-corrected chi connectivity index (χ1v) is 8.32. The van der Waals surface area contributed by atoms with Gasteiger partial charge in [-0.05, 0) is 40.5 Å². The summed E-state index contributed by atoms with van der Waals surface area (Å²) in [4.78, 5) is 0. The maximum Gasteiger partial charge on any atom is 0.301 e. The molecule has 0 atom stereocenters. The number of morpholine rings is 1. The number of rotatable bonds is 3. The average molecular weight is 370 g/mol. The Labute approximate surface area is 126 Å². The Morgan fingerprint density at radius 1 is 1.37 bits per heavy atom. The summed E-state index contributed by atoms with van der Waals surface area (Å²) >= 11 is 9.34. The Bertz CT molecular complexity index is 574. The van der Waals surface area contributed by atoms with Crippen LogP contribution in [0.1, 0.15) is 5.56 Å². The molecule has 1 aromatic carbocycles. The van der Waals surface area contributed by atoms with Crippen LogP contribution in [0.3, 0.4) is 0 Å². The van der Waals surface area contributed by atoms with Gasteiger partial charge in [-0.1, -0.05) is 11.6 Å². The van der Waals surface area contributed by atoms with E-state index in [1.165, 1.54) is 4.31 Å². The van der Waals surface area contributed by atoms with Gasteiger partial charge in [0.1, 0.15) is 0 Å². The zero-order valence-corrected chi connectivity index (χ0v) is 13.5. The monoisotopic (exact) mass is 368 g/mol. The molecule has 1 N–H and O–H groups in total. The molecule has 2 rings (SSSR count). The molecular weight excluding hydrogens is 356 g/mol. The van der Waals surface area contributed by atoms with E-state index >= 15 is 0 Å². The van der Waals surface area contributed by atoms with Gasteiger partial charge in [0, 0.05) is 22.6 Å². The molecule has 0 unspecified atom stereocenters. The van der Waals surface area contributed by atoms with Crippen molar-refractivity contribution < 1.29 is 13.2 Å². The number of benzene rings is 1. The standard InChI is InChI=1S/C11H14BrClN2O3S/c1-8-6-9(12)11(7-10(8)13)14-19(16,17)15-2-4-18-5-3-15/h6-7,14H,2-5H2,1H3. The lowest BCUT2D eigenvalue weighted by Gasteiger charge is -2.26. The Hall–Kier alpha value is -0.340. The summed E-state index contributed by atoms with van der Waals surface area (Å²) in [7, 11) is -3.57. The summed E-state index contributed by atoms with van der Waals surface area (Å²) in [5, 5.41) is 0.517. The zero-order valence-electron chi connectivity index (χ0n) is 10.3. The number of nitrogens with one attached hydrogen (secondary N) is 1. The summed E-state index contributed by atoms with van der Waals surface area (Å²) in [6, 6.07) is 3.37. The van der Waals surface area contributed by atoms with Crippen LogP contribution in [0.5, 0.6) is 0 Å². The Morgan fingerprint density at radius 3 is 2.63 bits per heavy atom. The highest BCUT2D eigenvalue weighted by Crippen LogP contribution is 2.30. The van der Waals surface area contributed by atoms with Gasteiger partial charge in [0.2, 0.25) is 0 Å². The molecule has 0 bridgehead atoms. The van der Waals surface area contributed by atoms with Gasteiger partial charge in [-0.2, -0.15) is 12.7 Å². The van der Waals surface area contributed by atoms with E-state index in [1.54, 1.807) is 12.1 Å². The van der Waals surface area contributed by atoms with Crippen LogP contribution in [0, 0.1) is 6.92 Å². The lowest BCUT2D eigenvalue weighted by Crippen LogP contribution is -2.43. The number of hydrogen-bond donors (Lipinski definition) is 1. The van der Waals surface area contributed by atoms with Crippen molar-refractivity contribution in [2.75, 3.05) is 31.0 Å². The number of nitrogens with zero attached hydrogens (tertiary/aromatic N) is 1. The molecule has 0 radical (unpaired) electrons. The van der Waals surface area contributed by atoms with Crippen LogP contribution in [0.25, 0.3) is 0 Å². The first kappa shape index (κ1) is 15.1. The van der Waals surface area contributed by atoms with Crippen LogP contribution in [0.15, 0.2) is 16.6 Å². The van der Waals surface area contributed by atoms with Crippen molar-refractivity contribution in [2.24, 2.45) is 0 Å². The van der Waals surface area contributed by atoms with Crippen molar-refractivity contribution in [1.29, 1.82) is 0 Å². The Balaban J connectivity index is 2.22. The second-order valence-corrected chi connectivity index (χ2v) is 7.13. The molecule has 0 aromatic heterocycles. The molecule has 5 nitrogen and oxygen atoms in total. The van der Waals surface area contributed by atoms with E-state index in [0.29, 0.717) is 41.5 Å². The third-order valence-electron chi connectivity index (χ3n) is 2.80. The molecule has 1 aromatic rings. The smallest absolute Gasteiger partial charge is 0.301 e. The summed E-state index contributed by atoms with van der Waals surface area (Å²) in [6.45, 7) is 3.39. The lowest BCUT2D eigenvalue weighted by atomic mass is 10.2. The molecule has 1 saturated heterocycles. The van der Waals surface area contributed by atoms with E-state index in [2.05, 4.69) is 20.7 Å². The maximum absolute atomic E-state index is 12.2. The highest BCUT2D eigenvalue weighted by Gasteiger charge is 2.24. The SMILES string of the molecule is Cc1cc(Br)c(NS(=O)(=O)N2CCOCC2)cc1Cl. The van der Waals surface area contributed by atoms with E-state index in [9.17, 15) is 8.42 Å². The fourth-order valence-corrected chi connectivity index (χ4v) is 3.77. The number of hydrogen-bond acceptors (Lipinski definition) is 3. The normalized spacial score (nSPS) is 17.4. The Morgan fingerprint density at radius 2 is 2.00 bits per heavy atom. The quantitative estimate of drug-likeness (QED) is 0.890. The molecule has 106 valence electrons. The molecule has 1 heterocycles. The molecule has 0 saturated carbocycles. The van der Waals surface area contributed by atoms with Crippen molar-refractivity contribution in [3.63, 3.8) is 0 Å². The largest absolute Gasteiger partial charge is 0.379 e. The maximum atomic E-state index is 12.2. The van der Waals surface area contributed by atoms with Crippen LogP contribution in [-0.4, -0.2) is 39.0 Å². The fourth-order valence-electron chi connectivity index (χ4n) is 1.71. The summed E-state index contributed by atoms with van der Waals surface area (Å²) in [5.74, 6) is 0. The molecule has 1 fully saturated rings. The van der Waals surface area contributed by atoms with Crippen LogP contribution >= 0.6 is 27.5 Å². The average Bonchev–Trinajstić information content (AvgIpc) is 2.37. The fraction of sp³-hybridized carbons (Fsp3) is 0.455. The van der Waals surface area contributed by atoms with Crippen LogP contribution in [0.2, 0.25) is 5.02 Å². The van der Waals surface area contributed by atoms with Crippen LogP contribution in [0.4, 0.5) is 5.69 Å². The van der Waals surface area contributed by atoms with Crippen LogP contribution < -0.4 is 4.72 Å². The summed E-state index contributed by atoms with van der Waals surface area (Å²) in [5.41, 5.74) is 1.31. The molecular formula is C11H14BrClN2O3S. The summed E-state index contributed by atoms with van der Waals surface area (Å²) < 4.78 is 34.1. The van der Waals surface area contributed by atoms with Gasteiger partial charge >= 0.3 is 10.2 Å². The van der Waals surface area contributed by atoms with Crippen molar-refractivity contribution >= 4 is 43.4 Å². The molecule has 1 aliphatic heterocycles. The minimum absolute atomic E-state index is 0.354. The molecule has 19 heavy (non-hydrogen) atoms. The molecule has 0 amide bonds. The van der Waals surface area contributed by atoms with Gasteiger partial charge in [-0.3, -0.25) is 4.72 Å². The minimum atomic E-state index is -3.57. The van der Waals surface area contributed by atoms with Crippen LogP contribution in [-0.2, 0) is 14.9 Å². The third kappa shape index (κ3) is 3.61. The summed E-state index contributed by atoms with van der Waals surface area (Å²) in [6.07, 6.45) is 0. The first-order valence-electron chi connectivity index (χ1n) is 5.71. The predicted octanol–water partition coefficient (Wildman–Crippen LogP) is 2.40. The molecule has 0 aliphatic carbocycles. The zero-order chi connectivity index (χ0) is 14.0. The van der Waals surface area contributed by atoms with Gasteiger partial charge in [0.05, 0.1) is 18.9 Å². The van der Waals surface area contributed by atoms with Crippen molar-refractivity contribution in [2.45, 2.75) is 6.92 Å². The predicted molar refractivity (Wildman–Crippen MR) is 78.8 cm³/mol. The van der Waals surface area contributed by atoms with Gasteiger partial charge in [0.15, 0.2) is 0 Å². The van der Waals surface area contributed by atoms with E-state index in [0.717, 1.165) is 5.56 Å². The van der Waals surface area contributed by atoms with Crippen molar-refractivity contribution in [1.82, 2.24) is 4.31 Å². The highest BCUT2D eigenvalue weighted by molar-refractivity contribution is 9.10. The van der Waals surface area contributed by atoms with Gasteiger partial charge < -0.3 is 4.74 Å². The topological polar surface area (TPSA) is 58.6 Å². The molecule has 1 aliphatic rings. The van der Waals surface area contributed by atoms with E-state index < -0.39 is 10.2 Å². The Kier molecular flexibility index (Phi) is 4.73. The molecule has 0 spiro atoms.